The van der Waals surface area contributed by atoms with Gasteiger partial charge in [0.1, 0.15) is 5.76 Å². The average Bonchev–Trinajstić information content (AvgIpc) is 2.61. The van der Waals surface area contributed by atoms with Gasteiger partial charge in [0.15, 0.2) is 5.82 Å². The highest BCUT2D eigenvalue weighted by Gasteiger charge is 2.16. The van der Waals surface area contributed by atoms with E-state index in [9.17, 15) is 13.2 Å². The minimum Gasteiger partial charge on any atom is -0.360 e. The van der Waals surface area contributed by atoms with Crippen molar-refractivity contribution in [3.63, 3.8) is 0 Å². The second kappa shape index (κ2) is 5.28. The summed E-state index contributed by atoms with van der Waals surface area (Å²) in [6.07, 6.45) is -0.119. The number of rotatable bonds is 5. The molecule has 1 rings (SSSR count). The Balaban J connectivity index is 2.46. The highest BCUT2D eigenvalue weighted by Crippen LogP contribution is 2.07. The first-order valence-corrected chi connectivity index (χ1v) is 6.55. The number of aromatic nitrogens is 1. The van der Waals surface area contributed by atoms with Crippen LogP contribution in [0.1, 0.15) is 12.2 Å². The molecule has 0 aliphatic heterocycles. The molecule has 96 valence electrons. The first-order valence-electron chi connectivity index (χ1n) is 4.94. The van der Waals surface area contributed by atoms with Crippen LogP contribution in [0.4, 0.5) is 5.82 Å². The monoisotopic (exact) mass is 261 g/mol. The third kappa shape index (κ3) is 4.16. The molecule has 0 saturated heterocycles. The molecule has 1 aromatic heterocycles. The van der Waals surface area contributed by atoms with Gasteiger partial charge < -0.3 is 9.84 Å². The number of carbonyl (C=O) groups is 1. The molecule has 0 aliphatic carbocycles. The van der Waals surface area contributed by atoms with Crippen molar-refractivity contribution in [2.45, 2.75) is 13.3 Å². The quantitative estimate of drug-likeness (QED) is 0.817. The zero-order chi connectivity index (χ0) is 13.1. The smallest absolute Gasteiger partial charge is 0.226 e. The number of aryl methyl sites for hydroxylation is 1. The lowest BCUT2D eigenvalue weighted by Gasteiger charge is -2.10. The molecule has 0 fully saturated rings. The second-order valence-corrected chi connectivity index (χ2v) is 6.02. The lowest BCUT2D eigenvalue weighted by molar-refractivity contribution is -0.115. The van der Waals surface area contributed by atoms with E-state index in [2.05, 4.69) is 10.5 Å². The van der Waals surface area contributed by atoms with Crippen LogP contribution in [-0.2, 0) is 14.8 Å². The van der Waals surface area contributed by atoms with Crippen LogP contribution in [0.25, 0.3) is 0 Å². The number of amides is 1. The fraction of sp³-hybridized carbons (Fsp3) is 0.556. The number of nitrogens with zero attached hydrogens (tertiary/aromatic N) is 2. The van der Waals surface area contributed by atoms with Crippen LogP contribution >= 0.6 is 0 Å². The number of anilines is 1. The predicted molar refractivity (Wildman–Crippen MR) is 62.0 cm³/mol. The Morgan fingerprint density at radius 1 is 1.53 bits per heavy atom. The largest absolute Gasteiger partial charge is 0.360 e. The molecular weight excluding hydrogens is 246 g/mol. The van der Waals surface area contributed by atoms with Gasteiger partial charge in [0.25, 0.3) is 0 Å². The van der Waals surface area contributed by atoms with E-state index in [1.807, 2.05) is 0 Å². The minimum absolute atomic E-state index is 0.119. The van der Waals surface area contributed by atoms with Gasteiger partial charge in [-0.3, -0.25) is 4.79 Å². The van der Waals surface area contributed by atoms with Crippen molar-refractivity contribution < 1.29 is 17.7 Å². The molecular formula is C9H15N3O4S. The SMILES string of the molecule is Cc1cc(NC(=O)CCS(=O)(=O)N(C)C)no1. The second-order valence-electron chi connectivity index (χ2n) is 3.72. The molecule has 17 heavy (non-hydrogen) atoms. The van der Waals surface area contributed by atoms with Crippen LogP contribution in [-0.4, -0.2) is 43.6 Å². The summed E-state index contributed by atoms with van der Waals surface area (Å²) in [7, 11) is -0.502. The summed E-state index contributed by atoms with van der Waals surface area (Å²) < 4.78 is 28.6. The van der Waals surface area contributed by atoms with Crippen LogP contribution in [0.2, 0.25) is 0 Å². The molecule has 7 nitrogen and oxygen atoms in total. The number of carbonyl (C=O) groups excluding carboxylic acids is 1. The normalized spacial score (nSPS) is 11.8. The summed E-state index contributed by atoms with van der Waals surface area (Å²) in [6, 6.07) is 1.55. The summed E-state index contributed by atoms with van der Waals surface area (Å²) in [5.41, 5.74) is 0. The Morgan fingerprint density at radius 2 is 2.18 bits per heavy atom. The third-order valence-corrected chi connectivity index (χ3v) is 3.87. The molecule has 0 aromatic carbocycles. The lowest BCUT2D eigenvalue weighted by atomic mass is 10.4. The van der Waals surface area contributed by atoms with Gasteiger partial charge in [0.2, 0.25) is 15.9 Å². The summed E-state index contributed by atoms with van der Waals surface area (Å²) in [5.74, 6) is 0.211. The van der Waals surface area contributed by atoms with E-state index in [1.54, 1.807) is 13.0 Å². The van der Waals surface area contributed by atoms with Crippen molar-refractivity contribution in [3.8, 4) is 0 Å². The van der Waals surface area contributed by atoms with Crippen molar-refractivity contribution in [2.75, 3.05) is 25.2 Å². The standard InChI is InChI=1S/C9H15N3O4S/c1-7-6-8(11-16-7)10-9(13)4-5-17(14,15)12(2)3/h6H,4-5H2,1-3H3,(H,10,11,13). The number of sulfonamides is 1. The highest BCUT2D eigenvalue weighted by molar-refractivity contribution is 7.89. The maximum atomic E-state index is 11.4. The topological polar surface area (TPSA) is 92.5 Å². The van der Waals surface area contributed by atoms with Gasteiger partial charge in [-0.1, -0.05) is 5.16 Å². The summed E-state index contributed by atoms with van der Waals surface area (Å²) in [5, 5.41) is 6.02. The molecule has 0 saturated carbocycles. The van der Waals surface area contributed by atoms with E-state index in [0.29, 0.717) is 5.76 Å². The van der Waals surface area contributed by atoms with Crippen LogP contribution in [0, 0.1) is 6.92 Å². The molecule has 0 unspecified atom stereocenters. The Hall–Kier alpha value is -1.41. The zero-order valence-corrected chi connectivity index (χ0v) is 10.7. The molecule has 1 aromatic rings. The highest BCUT2D eigenvalue weighted by atomic mass is 32.2. The predicted octanol–water partition coefficient (Wildman–Crippen LogP) is 0.203. The van der Waals surface area contributed by atoms with Crippen molar-refractivity contribution in [3.05, 3.63) is 11.8 Å². The van der Waals surface area contributed by atoms with E-state index >= 15 is 0 Å². The molecule has 0 bridgehead atoms. The van der Waals surface area contributed by atoms with E-state index < -0.39 is 15.9 Å². The van der Waals surface area contributed by atoms with E-state index in [0.717, 1.165) is 4.31 Å². The van der Waals surface area contributed by atoms with Crippen LogP contribution in [0.5, 0.6) is 0 Å². The zero-order valence-electron chi connectivity index (χ0n) is 9.93. The van der Waals surface area contributed by atoms with Gasteiger partial charge in [0, 0.05) is 26.6 Å². The first-order chi connectivity index (χ1) is 7.81. The summed E-state index contributed by atoms with van der Waals surface area (Å²) in [6.45, 7) is 1.69. The maximum absolute atomic E-state index is 11.4. The molecule has 1 N–H and O–H groups in total. The Morgan fingerprint density at radius 3 is 2.65 bits per heavy atom. The van der Waals surface area contributed by atoms with Gasteiger partial charge in [-0.15, -0.1) is 0 Å². The van der Waals surface area contributed by atoms with E-state index in [4.69, 9.17) is 4.52 Å². The van der Waals surface area contributed by atoms with E-state index in [-0.39, 0.29) is 18.0 Å². The lowest BCUT2D eigenvalue weighted by Crippen LogP contribution is -2.27. The summed E-state index contributed by atoms with van der Waals surface area (Å²) >= 11 is 0. The van der Waals surface area contributed by atoms with Crippen molar-refractivity contribution in [2.24, 2.45) is 0 Å². The van der Waals surface area contributed by atoms with Gasteiger partial charge in [-0.25, -0.2) is 12.7 Å². The van der Waals surface area contributed by atoms with Gasteiger partial charge in [0.05, 0.1) is 5.75 Å². The average molecular weight is 261 g/mol. The van der Waals surface area contributed by atoms with Crippen LogP contribution in [0.3, 0.4) is 0 Å². The van der Waals surface area contributed by atoms with Crippen molar-refractivity contribution >= 4 is 21.7 Å². The molecule has 0 atom stereocenters. The van der Waals surface area contributed by atoms with Gasteiger partial charge in [-0.05, 0) is 6.92 Å². The van der Waals surface area contributed by atoms with E-state index in [1.165, 1.54) is 14.1 Å². The van der Waals surface area contributed by atoms with Crippen molar-refractivity contribution in [1.29, 1.82) is 0 Å². The molecule has 8 heteroatoms. The molecule has 0 radical (unpaired) electrons. The third-order valence-electron chi connectivity index (χ3n) is 2.04. The fourth-order valence-electron chi connectivity index (χ4n) is 1.03. The molecule has 0 spiro atoms. The summed E-state index contributed by atoms with van der Waals surface area (Å²) in [4.78, 5) is 11.4. The Kier molecular flexibility index (Phi) is 4.24. The van der Waals surface area contributed by atoms with Crippen molar-refractivity contribution in [1.82, 2.24) is 9.46 Å². The Labute approximate surface area is 99.8 Å². The van der Waals surface area contributed by atoms with Gasteiger partial charge >= 0.3 is 0 Å². The molecule has 1 amide bonds. The number of hydrogen-bond donors (Lipinski definition) is 1. The van der Waals surface area contributed by atoms with Crippen LogP contribution < -0.4 is 5.32 Å². The van der Waals surface area contributed by atoms with Gasteiger partial charge in [-0.2, -0.15) is 0 Å². The molecule has 1 heterocycles. The number of nitrogens with one attached hydrogen (secondary N) is 1. The molecule has 0 aliphatic rings. The maximum Gasteiger partial charge on any atom is 0.226 e. The minimum atomic E-state index is -3.35. The Bertz CT molecular complexity index is 492. The fourth-order valence-corrected chi connectivity index (χ4v) is 1.84. The van der Waals surface area contributed by atoms with Crippen LogP contribution in [0.15, 0.2) is 10.6 Å². The first kappa shape index (κ1) is 13.7. The number of hydrogen-bond acceptors (Lipinski definition) is 5.